The smallest absolute Gasteiger partial charge is 0.332 e. The quantitative estimate of drug-likeness (QED) is 0.0763. The molecule has 13 heteroatoms. The van der Waals surface area contributed by atoms with Gasteiger partial charge in [-0.2, -0.15) is 0 Å². The van der Waals surface area contributed by atoms with E-state index in [2.05, 4.69) is 0 Å². The summed E-state index contributed by atoms with van der Waals surface area (Å²) in [5.41, 5.74) is 5.92. The minimum Gasteiger partial charge on any atom is -0.489 e. The van der Waals surface area contributed by atoms with Crippen LogP contribution >= 0.6 is 0 Å². The average molecular weight is 620 g/mol. The van der Waals surface area contributed by atoms with E-state index in [1.807, 2.05) is 39.0 Å². The molecule has 0 heterocycles. The lowest BCUT2D eigenvalue weighted by Gasteiger charge is -2.19. The van der Waals surface area contributed by atoms with Crippen LogP contribution < -0.4 is 10.5 Å². The van der Waals surface area contributed by atoms with E-state index in [1.54, 1.807) is 6.07 Å². The van der Waals surface area contributed by atoms with E-state index in [9.17, 15) is 4.79 Å². The van der Waals surface area contributed by atoms with Gasteiger partial charge in [0.2, 0.25) is 0 Å². The van der Waals surface area contributed by atoms with Crippen LogP contribution in [0.1, 0.15) is 20.8 Å². The molecular weight excluding hydrogens is 566 g/mol. The van der Waals surface area contributed by atoms with E-state index in [0.29, 0.717) is 130 Å². The van der Waals surface area contributed by atoms with Gasteiger partial charge >= 0.3 is 5.97 Å². The fourth-order valence-electron chi connectivity index (χ4n) is 3.11. The van der Waals surface area contributed by atoms with Crippen molar-refractivity contribution in [3.63, 3.8) is 0 Å². The number of anilines is 1. The van der Waals surface area contributed by atoms with Crippen molar-refractivity contribution in [1.29, 1.82) is 0 Å². The molecule has 0 aliphatic rings. The first-order valence-electron chi connectivity index (χ1n) is 14.8. The van der Waals surface area contributed by atoms with Gasteiger partial charge in [0, 0.05) is 0 Å². The Bertz CT molecular complexity index is 778. The molecule has 0 bridgehead atoms. The number of esters is 1. The fraction of sp³-hybridized carbons (Fsp3) is 0.767. The van der Waals surface area contributed by atoms with Crippen LogP contribution in [-0.4, -0.2) is 137 Å². The SMILES string of the molecule is CC(C)(C)OC(=O)COCCOCCOCCOCCOCCOCCOCCOCCOCCOc1ccccc1N. The van der Waals surface area contributed by atoms with Gasteiger partial charge in [0.15, 0.2) is 0 Å². The maximum absolute atomic E-state index is 11.5. The lowest BCUT2D eigenvalue weighted by molar-refractivity contribution is -0.160. The summed E-state index contributed by atoms with van der Waals surface area (Å²) in [6.45, 7) is 13.7. The summed E-state index contributed by atoms with van der Waals surface area (Å²) < 4.78 is 59.5. The summed E-state index contributed by atoms with van der Waals surface area (Å²) >= 11 is 0. The second kappa shape index (κ2) is 27.5. The van der Waals surface area contributed by atoms with Gasteiger partial charge in [-0.05, 0) is 32.9 Å². The normalized spacial score (nSPS) is 11.6. The minimum absolute atomic E-state index is 0.0832. The van der Waals surface area contributed by atoms with E-state index in [-0.39, 0.29) is 12.6 Å². The molecule has 43 heavy (non-hydrogen) atoms. The Morgan fingerprint density at radius 1 is 0.535 bits per heavy atom. The second-order valence-corrected chi connectivity index (χ2v) is 9.92. The van der Waals surface area contributed by atoms with Crippen molar-refractivity contribution in [1.82, 2.24) is 0 Å². The van der Waals surface area contributed by atoms with Crippen molar-refractivity contribution >= 4 is 11.7 Å². The van der Waals surface area contributed by atoms with Crippen LogP contribution in [0.2, 0.25) is 0 Å². The topological polar surface area (TPSA) is 145 Å². The Kier molecular flexibility index (Phi) is 24.9. The number of rotatable bonds is 30. The molecule has 0 fully saturated rings. The molecule has 0 aliphatic heterocycles. The Hall–Kier alpha value is -2.07. The minimum atomic E-state index is -0.510. The summed E-state index contributed by atoms with van der Waals surface area (Å²) in [6, 6.07) is 7.36. The molecule has 0 aromatic heterocycles. The molecule has 1 aromatic carbocycles. The summed E-state index contributed by atoms with van der Waals surface area (Å²) in [6.07, 6.45) is 0. The van der Waals surface area contributed by atoms with Crippen LogP contribution in [0.5, 0.6) is 5.75 Å². The van der Waals surface area contributed by atoms with E-state index >= 15 is 0 Å². The molecule has 0 spiro atoms. The average Bonchev–Trinajstić information content (AvgIpc) is 2.96. The first-order valence-corrected chi connectivity index (χ1v) is 14.8. The summed E-state index contributed by atoms with van der Waals surface area (Å²) in [5.74, 6) is 0.278. The second-order valence-electron chi connectivity index (χ2n) is 9.92. The first kappa shape index (κ1) is 39.0. The first-order chi connectivity index (χ1) is 20.9. The number of hydrogen-bond acceptors (Lipinski definition) is 13. The van der Waals surface area contributed by atoms with Crippen molar-refractivity contribution in [2.24, 2.45) is 0 Å². The van der Waals surface area contributed by atoms with Gasteiger partial charge in [0.1, 0.15) is 24.6 Å². The van der Waals surface area contributed by atoms with Gasteiger partial charge < -0.3 is 57.8 Å². The monoisotopic (exact) mass is 619 g/mol. The Morgan fingerprint density at radius 3 is 1.21 bits per heavy atom. The lowest BCUT2D eigenvalue weighted by Crippen LogP contribution is -2.27. The van der Waals surface area contributed by atoms with E-state index in [4.69, 9.17) is 57.8 Å². The molecule has 1 rings (SSSR count). The zero-order valence-electron chi connectivity index (χ0n) is 26.2. The summed E-state index contributed by atoms with van der Waals surface area (Å²) in [4.78, 5) is 11.5. The van der Waals surface area contributed by atoms with Gasteiger partial charge in [-0.25, -0.2) is 4.79 Å². The number of carbonyl (C=O) groups excluding carboxylic acids is 1. The van der Waals surface area contributed by atoms with Crippen LogP contribution in [0.3, 0.4) is 0 Å². The lowest BCUT2D eigenvalue weighted by atomic mass is 10.2. The van der Waals surface area contributed by atoms with E-state index in [1.165, 1.54) is 0 Å². The van der Waals surface area contributed by atoms with E-state index in [0.717, 1.165) is 0 Å². The Balaban J connectivity index is 1.67. The van der Waals surface area contributed by atoms with Gasteiger partial charge in [-0.15, -0.1) is 0 Å². The molecule has 0 amide bonds. The van der Waals surface area contributed by atoms with Gasteiger partial charge in [-0.3, -0.25) is 0 Å². The number of para-hydroxylation sites is 2. The third-order valence-electron chi connectivity index (χ3n) is 5.02. The molecule has 1 aromatic rings. The zero-order valence-corrected chi connectivity index (χ0v) is 26.2. The van der Waals surface area contributed by atoms with Crippen LogP contribution in [-0.2, 0) is 52.2 Å². The molecule has 0 radical (unpaired) electrons. The van der Waals surface area contributed by atoms with Gasteiger partial charge in [0.05, 0.1) is 118 Å². The highest BCUT2D eigenvalue weighted by molar-refractivity contribution is 5.71. The van der Waals surface area contributed by atoms with Crippen LogP contribution in [0, 0.1) is 0 Å². The number of nitrogens with two attached hydrogens (primary N) is 1. The maximum Gasteiger partial charge on any atom is 0.332 e. The molecule has 13 nitrogen and oxygen atoms in total. The van der Waals surface area contributed by atoms with Crippen LogP contribution in [0.25, 0.3) is 0 Å². The summed E-state index contributed by atoms with van der Waals surface area (Å²) in [7, 11) is 0. The molecule has 250 valence electrons. The number of benzene rings is 1. The molecule has 0 saturated carbocycles. The predicted molar refractivity (Wildman–Crippen MR) is 160 cm³/mol. The third-order valence-corrected chi connectivity index (χ3v) is 5.02. The number of carbonyl (C=O) groups is 1. The molecule has 0 saturated heterocycles. The van der Waals surface area contributed by atoms with Crippen LogP contribution in [0.15, 0.2) is 24.3 Å². The maximum atomic E-state index is 11.5. The number of nitrogen functional groups attached to an aromatic ring is 1. The molecule has 0 unspecified atom stereocenters. The van der Waals surface area contributed by atoms with Crippen LogP contribution in [0.4, 0.5) is 5.69 Å². The highest BCUT2D eigenvalue weighted by Crippen LogP contribution is 2.19. The molecular formula is C30H53NO12. The predicted octanol–water partition coefficient (Wildman–Crippen LogP) is 2.14. The van der Waals surface area contributed by atoms with Crippen molar-refractivity contribution in [3.8, 4) is 5.75 Å². The zero-order chi connectivity index (χ0) is 31.3. The van der Waals surface area contributed by atoms with E-state index < -0.39 is 5.60 Å². The fourth-order valence-corrected chi connectivity index (χ4v) is 3.11. The van der Waals surface area contributed by atoms with Gasteiger partial charge in [-0.1, -0.05) is 12.1 Å². The standard InChI is InChI=1S/C30H53NO12/c1-30(2,3)43-29(32)26-41-23-22-39-19-18-37-15-14-35-11-10-33-8-9-34-12-13-36-16-17-38-20-21-40-24-25-42-28-7-5-4-6-27(28)31/h4-7H,8-26,31H2,1-3H3. The van der Waals surface area contributed by atoms with Crippen molar-refractivity contribution in [2.45, 2.75) is 26.4 Å². The highest BCUT2D eigenvalue weighted by Gasteiger charge is 2.15. The highest BCUT2D eigenvalue weighted by atomic mass is 16.6. The molecule has 0 atom stereocenters. The Labute approximate surface area is 256 Å². The van der Waals surface area contributed by atoms with Gasteiger partial charge in [0.25, 0.3) is 0 Å². The van der Waals surface area contributed by atoms with Crippen molar-refractivity contribution in [3.05, 3.63) is 24.3 Å². The molecule has 0 aliphatic carbocycles. The van der Waals surface area contributed by atoms with Crippen molar-refractivity contribution < 1.29 is 56.9 Å². The number of hydrogen-bond donors (Lipinski definition) is 1. The molecule has 2 N–H and O–H groups in total. The summed E-state index contributed by atoms with van der Waals surface area (Å²) in [5, 5.41) is 0. The largest absolute Gasteiger partial charge is 0.489 e. The number of ether oxygens (including phenoxy) is 11. The Morgan fingerprint density at radius 2 is 0.860 bits per heavy atom. The third kappa shape index (κ3) is 27.2. The van der Waals surface area contributed by atoms with Crippen molar-refractivity contribution in [2.75, 3.05) is 131 Å².